The Morgan fingerprint density at radius 2 is 1.88 bits per heavy atom. The lowest BCUT2D eigenvalue weighted by Crippen LogP contribution is -2.35. The molecule has 2 saturated carbocycles. The summed E-state index contributed by atoms with van der Waals surface area (Å²) in [5, 5.41) is 45.2. The van der Waals surface area contributed by atoms with Crippen LogP contribution in [-0.2, 0) is 11.2 Å². The predicted molar refractivity (Wildman–Crippen MR) is 92.4 cm³/mol. The lowest BCUT2D eigenvalue weighted by Gasteiger charge is -2.36. The van der Waals surface area contributed by atoms with Crippen molar-refractivity contribution in [3.8, 4) is 11.5 Å². The molecular formula is C19H28O6. The molecule has 2 fully saturated rings. The van der Waals surface area contributed by atoms with Crippen LogP contribution >= 0.6 is 0 Å². The van der Waals surface area contributed by atoms with Gasteiger partial charge in [-0.05, 0) is 53.7 Å². The smallest absolute Gasteiger partial charge is 0.332 e. The zero-order valence-electron chi connectivity index (χ0n) is 14.9. The molecule has 2 aliphatic carbocycles. The monoisotopic (exact) mass is 352 g/mol. The molecular weight excluding hydrogens is 324 g/mol. The van der Waals surface area contributed by atoms with Crippen LogP contribution < -0.4 is 0 Å². The van der Waals surface area contributed by atoms with Crippen molar-refractivity contribution in [1.29, 1.82) is 0 Å². The molecule has 140 valence electrons. The first-order valence-corrected chi connectivity index (χ1v) is 8.59. The number of phenolic OH excluding ortho intramolecular Hbond substituents is 2. The Balaban J connectivity index is 0.000000185. The average Bonchev–Trinajstić information content (AvgIpc) is 2.84. The van der Waals surface area contributed by atoms with Crippen molar-refractivity contribution in [2.45, 2.75) is 58.7 Å². The van der Waals surface area contributed by atoms with Crippen LogP contribution in [0.25, 0.3) is 0 Å². The molecule has 0 heterocycles. The third-order valence-corrected chi connectivity index (χ3v) is 6.50. The van der Waals surface area contributed by atoms with Gasteiger partial charge >= 0.3 is 5.97 Å². The maximum absolute atomic E-state index is 10.3. The first-order chi connectivity index (χ1) is 11.5. The van der Waals surface area contributed by atoms with Gasteiger partial charge in [0.1, 0.15) is 0 Å². The van der Waals surface area contributed by atoms with Crippen LogP contribution in [-0.4, -0.2) is 43.7 Å². The summed E-state index contributed by atoms with van der Waals surface area (Å²) in [7, 11) is 0. The van der Waals surface area contributed by atoms with Gasteiger partial charge in [0, 0.05) is 6.42 Å². The van der Waals surface area contributed by atoms with Crippen molar-refractivity contribution in [1.82, 2.24) is 0 Å². The molecule has 6 nitrogen and oxygen atoms in total. The molecule has 3 rings (SSSR count). The summed E-state index contributed by atoms with van der Waals surface area (Å²) in [6, 6.07) is 3.88. The van der Waals surface area contributed by atoms with Gasteiger partial charge in [0.05, 0.1) is 6.10 Å². The molecule has 0 radical (unpaired) electrons. The fraction of sp³-hybridized carbons (Fsp3) is 0.632. The molecule has 0 saturated heterocycles. The van der Waals surface area contributed by atoms with Gasteiger partial charge in [-0.15, -0.1) is 0 Å². The lowest BCUT2D eigenvalue weighted by molar-refractivity contribution is -0.146. The Morgan fingerprint density at radius 3 is 2.24 bits per heavy atom. The maximum Gasteiger partial charge on any atom is 0.332 e. The summed E-state index contributed by atoms with van der Waals surface area (Å²) in [5.74, 6) is -1.15. The molecule has 0 spiro atoms. The molecule has 1 aromatic carbocycles. The minimum Gasteiger partial charge on any atom is -0.504 e. The van der Waals surface area contributed by atoms with Crippen LogP contribution in [0.15, 0.2) is 18.2 Å². The molecule has 4 atom stereocenters. The highest BCUT2D eigenvalue weighted by molar-refractivity contribution is 5.72. The van der Waals surface area contributed by atoms with Crippen LogP contribution in [0.3, 0.4) is 0 Å². The van der Waals surface area contributed by atoms with Crippen molar-refractivity contribution in [3.63, 3.8) is 0 Å². The van der Waals surface area contributed by atoms with Crippen molar-refractivity contribution in [2.24, 2.45) is 16.7 Å². The van der Waals surface area contributed by atoms with E-state index >= 15 is 0 Å². The van der Waals surface area contributed by atoms with Crippen LogP contribution in [0.1, 0.15) is 45.6 Å². The van der Waals surface area contributed by atoms with Crippen molar-refractivity contribution < 1.29 is 30.3 Å². The van der Waals surface area contributed by atoms with E-state index < -0.39 is 12.1 Å². The van der Waals surface area contributed by atoms with E-state index in [0.29, 0.717) is 11.0 Å². The molecule has 2 aliphatic rings. The number of aliphatic carboxylic acids is 1. The minimum atomic E-state index is -1.50. The quantitative estimate of drug-likeness (QED) is 0.533. The number of carboxylic acid groups (broad SMARTS) is 1. The molecule has 5 N–H and O–H groups in total. The summed E-state index contributed by atoms with van der Waals surface area (Å²) in [6.07, 6.45) is 1.97. The Labute approximate surface area is 147 Å². The number of aliphatic hydroxyl groups is 2. The topological polar surface area (TPSA) is 118 Å². The number of carbonyl (C=O) groups is 1. The predicted octanol–water partition coefficient (Wildman–Crippen LogP) is 2.28. The Bertz CT molecular complexity index is 641. The highest BCUT2D eigenvalue weighted by atomic mass is 16.4. The van der Waals surface area contributed by atoms with Crippen molar-refractivity contribution in [3.05, 3.63) is 23.8 Å². The number of rotatable bonds is 3. The molecule has 2 bridgehead atoms. The highest BCUT2D eigenvalue weighted by Gasteiger charge is 2.60. The summed E-state index contributed by atoms with van der Waals surface area (Å²) < 4.78 is 0. The normalized spacial score (nSPS) is 30.4. The molecule has 0 aliphatic heterocycles. The van der Waals surface area contributed by atoms with Gasteiger partial charge in [-0.25, -0.2) is 4.79 Å². The minimum absolute atomic E-state index is 0.0313. The average molecular weight is 352 g/mol. The van der Waals surface area contributed by atoms with E-state index in [-0.39, 0.29) is 29.4 Å². The number of phenols is 2. The molecule has 1 unspecified atom stereocenters. The zero-order valence-corrected chi connectivity index (χ0v) is 14.9. The standard InChI is InChI=1S/C10H18O.C9H10O5/c1-9(2)7-4-5-10(9,3)8(11)6-7;10-6-2-1-5(3-7(6)11)4-8(12)9(13)14/h7-8,11H,4-6H2,1-3H3;1-3,8,10-12H,4H2,(H,13,14)/t7-,8+,10-;/m1./s1. The number of hydrogen-bond donors (Lipinski definition) is 5. The first kappa shape index (κ1) is 19.5. The Hall–Kier alpha value is -1.79. The first-order valence-electron chi connectivity index (χ1n) is 8.59. The van der Waals surface area contributed by atoms with Crippen LogP contribution in [0.2, 0.25) is 0 Å². The SMILES string of the molecule is CC1(C)[C@@H]2CC[C@]1(C)[C@@H](O)C2.O=C(O)C(O)Cc1ccc(O)c(O)c1. The van der Waals surface area contributed by atoms with Gasteiger partial charge in [0.2, 0.25) is 0 Å². The van der Waals surface area contributed by atoms with Gasteiger partial charge in [0.25, 0.3) is 0 Å². The maximum atomic E-state index is 10.3. The second-order valence-electron chi connectivity index (χ2n) is 8.01. The van der Waals surface area contributed by atoms with Gasteiger partial charge < -0.3 is 25.5 Å². The highest BCUT2D eigenvalue weighted by Crippen LogP contribution is 2.65. The Morgan fingerprint density at radius 1 is 1.24 bits per heavy atom. The van der Waals surface area contributed by atoms with E-state index in [2.05, 4.69) is 20.8 Å². The van der Waals surface area contributed by atoms with E-state index in [1.165, 1.54) is 31.0 Å². The van der Waals surface area contributed by atoms with Crippen LogP contribution in [0.5, 0.6) is 11.5 Å². The number of aromatic hydroxyl groups is 2. The Kier molecular flexibility index (Phi) is 5.35. The summed E-state index contributed by atoms with van der Waals surface area (Å²) in [6.45, 7) is 6.90. The third kappa shape index (κ3) is 3.60. The molecule has 1 aromatic rings. The fourth-order valence-corrected chi connectivity index (χ4v) is 4.17. The fourth-order valence-electron chi connectivity index (χ4n) is 4.17. The molecule has 0 aromatic heterocycles. The largest absolute Gasteiger partial charge is 0.504 e. The number of carboxylic acids is 1. The second-order valence-corrected chi connectivity index (χ2v) is 8.01. The number of hydrogen-bond acceptors (Lipinski definition) is 5. The second kappa shape index (κ2) is 6.84. The van der Waals surface area contributed by atoms with Gasteiger partial charge in [-0.3, -0.25) is 0 Å². The summed E-state index contributed by atoms with van der Waals surface area (Å²) in [4.78, 5) is 10.3. The van der Waals surface area contributed by atoms with Crippen LogP contribution in [0, 0.1) is 16.7 Å². The molecule has 0 amide bonds. The van der Waals surface area contributed by atoms with Gasteiger partial charge in [0.15, 0.2) is 17.6 Å². The van der Waals surface area contributed by atoms with E-state index in [1.54, 1.807) is 0 Å². The lowest BCUT2D eigenvalue weighted by atomic mass is 9.70. The van der Waals surface area contributed by atoms with E-state index in [4.69, 9.17) is 20.4 Å². The number of fused-ring (bicyclic) bond motifs is 2. The van der Waals surface area contributed by atoms with Gasteiger partial charge in [-0.1, -0.05) is 26.8 Å². The number of aliphatic hydroxyl groups excluding tert-OH is 2. The zero-order chi connectivity index (χ0) is 19.0. The van der Waals surface area contributed by atoms with E-state index in [1.807, 2.05) is 0 Å². The number of benzene rings is 1. The molecule has 25 heavy (non-hydrogen) atoms. The van der Waals surface area contributed by atoms with E-state index in [9.17, 15) is 9.90 Å². The van der Waals surface area contributed by atoms with Crippen molar-refractivity contribution >= 4 is 5.97 Å². The van der Waals surface area contributed by atoms with Crippen molar-refractivity contribution in [2.75, 3.05) is 0 Å². The van der Waals surface area contributed by atoms with Gasteiger partial charge in [-0.2, -0.15) is 0 Å². The third-order valence-electron chi connectivity index (χ3n) is 6.50. The summed E-state index contributed by atoms with van der Waals surface area (Å²) in [5.41, 5.74) is 1.04. The van der Waals surface area contributed by atoms with Crippen LogP contribution in [0.4, 0.5) is 0 Å². The van der Waals surface area contributed by atoms with E-state index in [0.717, 1.165) is 12.3 Å². The molecule has 6 heteroatoms. The summed E-state index contributed by atoms with van der Waals surface area (Å²) >= 11 is 0.